The van der Waals surface area contributed by atoms with E-state index in [1.54, 1.807) is 97.1 Å². The summed E-state index contributed by atoms with van der Waals surface area (Å²) in [5, 5.41) is 49.5. The van der Waals surface area contributed by atoms with Gasteiger partial charge in [0.25, 0.3) is 5.91 Å². The Morgan fingerprint density at radius 2 is 0.577 bits per heavy atom. The number of unbranched alkanes of at least 4 members (excludes halogenated alkanes) is 23. The quantitative estimate of drug-likeness (QED) is 0.0221. The van der Waals surface area contributed by atoms with Crippen molar-refractivity contribution in [1.82, 2.24) is 19.7 Å². The molecular weight excluding hydrogens is 1890 g/mol. The monoisotopic (exact) mass is 2040 g/mol. The summed E-state index contributed by atoms with van der Waals surface area (Å²) in [7, 11) is 0. The van der Waals surface area contributed by atoms with Crippen molar-refractivity contribution in [3.63, 3.8) is 0 Å². The fourth-order valence-corrected chi connectivity index (χ4v) is 16.8. The summed E-state index contributed by atoms with van der Waals surface area (Å²) >= 11 is 1.47. The molecule has 0 aliphatic heterocycles. The van der Waals surface area contributed by atoms with Crippen LogP contribution < -0.4 is 18.9 Å². The maximum atomic E-state index is 12.6. The Balaban J connectivity index is 0.000000219. The molecule has 2 heterocycles. The van der Waals surface area contributed by atoms with Gasteiger partial charge < -0.3 is 49.2 Å². The van der Waals surface area contributed by atoms with E-state index in [2.05, 4.69) is 105 Å². The fourth-order valence-electron chi connectivity index (χ4n) is 15.9. The largest absolute Gasteiger partial charge is 0.494 e. The minimum absolute atomic E-state index is 0.0347. The molecule has 22 nitrogen and oxygen atoms in total. The number of benzene rings is 11. The second-order valence-electron chi connectivity index (χ2n) is 37.0. The van der Waals surface area contributed by atoms with E-state index in [0.29, 0.717) is 53.6 Å². The fraction of sp³-hybridized carbons (Fsp3) is 0.373. The highest BCUT2D eigenvalue weighted by Gasteiger charge is 2.18. The SMILES string of the molecule is CCCCCCCC(=O)COc1nc(-c2ccc(C(=O)O)cc2)sc1C.CCCCCCCCCCOc1ccc(-c2ccc(C(=O)O)cc2)cc1.CCCCCCCCc1ccc(-c2ccc(C(=O)n3cnc(CC(C)=O)n3)cc2)cc1.CCCCCCOc1ccc(-c2ccc(C(=O)O)cc2)cc1.CCCCCCc1ccc(-c2ccc(C(=O)O)cc2)cc1.CCCCOCCOc1ccc(-c2ccc(C(=O)O)cc2)cc1. The summed E-state index contributed by atoms with van der Waals surface area (Å²) in [5.41, 5.74) is 16.1. The maximum Gasteiger partial charge on any atom is 0.335 e. The molecule has 11 aromatic carbocycles. The number of Topliss-reactive ketones (excluding diaryl/α,β-unsaturated/α-hetero) is 2. The van der Waals surface area contributed by atoms with Gasteiger partial charge in [-0.05, 0) is 241 Å². The first-order chi connectivity index (χ1) is 72.4. The molecule has 0 amide bonds. The predicted octanol–water partition coefficient (Wildman–Crippen LogP) is 31.8. The third-order valence-corrected chi connectivity index (χ3v) is 25.8. The van der Waals surface area contributed by atoms with E-state index in [-0.39, 0.29) is 41.6 Å². The van der Waals surface area contributed by atoms with Crippen molar-refractivity contribution in [3.05, 3.63) is 328 Å². The zero-order valence-corrected chi connectivity index (χ0v) is 89.1. The summed E-state index contributed by atoms with van der Waals surface area (Å²) in [6, 6.07) is 82.6. The third kappa shape index (κ3) is 45.9. The molecule has 0 aliphatic carbocycles. The molecule has 0 unspecified atom stereocenters. The van der Waals surface area contributed by atoms with Crippen LogP contribution in [0.5, 0.6) is 23.1 Å². The Kier molecular flexibility index (Phi) is 56.2. The van der Waals surface area contributed by atoms with Crippen molar-refractivity contribution in [2.24, 2.45) is 0 Å². The smallest absolute Gasteiger partial charge is 0.335 e. The molecule has 13 rings (SSSR count). The summed E-state index contributed by atoms with van der Waals surface area (Å²) in [4.78, 5) is 99.4. The molecule has 0 saturated carbocycles. The lowest BCUT2D eigenvalue weighted by Crippen LogP contribution is -2.13. The Morgan fingerprint density at radius 1 is 0.295 bits per heavy atom. The molecule has 23 heteroatoms. The number of ketones is 2. The molecule has 0 aliphatic rings. The van der Waals surface area contributed by atoms with E-state index in [1.165, 1.54) is 188 Å². The Morgan fingerprint density at radius 3 is 0.913 bits per heavy atom. The van der Waals surface area contributed by atoms with E-state index < -0.39 is 29.8 Å². The highest BCUT2D eigenvalue weighted by atomic mass is 32.1. The van der Waals surface area contributed by atoms with Crippen LogP contribution in [0.25, 0.3) is 66.2 Å². The van der Waals surface area contributed by atoms with Gasteiger partial charge in [-0.2, -0.15) is 4.68 Å². The number of ether oxygens (including phenoxy) is 5. The second-order valence-corrected chi connectivity index (χ2v) is 38.2. The van der Waals surface area contributed by atoms with Gasteiger partial charge in [0.2, 0.25) is 5.88 Å². The minimum Gasteiger partial charge on any atom is -0.494 e. The van der Waals surface area contributed by atoms with Crippen LogP contribution in [0.1, 0.15) is 325 Å². The molecule has 13 aromatic rings. The van der Waals surface area contributed by atoms with Gasteiger partial charge in [-0.15, -0.1) is 16.4 Å². The molecule has 0 spiro atoms. The number of carboxylic acids is 5. The Hall–Kier alpha value is -14.3. The highest BCUT2D eigenvalue weighted by molar-refractivity contribution is 7.15. The lowest BCUT2D eigenvalue weighted by Gasteiger charge is -2.08. The van der Waals surface area contributed by atoms with Crippen LogP contribution in [0.4, 0.5) is 0 Å². The number of thiazole rings is 1. The molecule has 0 atom stereocenters. The predicted molar refractivity (Wildman–Crippen MR) is 598 cm³/mol. The lowest BCUT2D eigenvalue weighted by atomic mass is 10.00. The van der Waals surface area contributed by atoms with Crippen LogP contribution in [-0.4, -0.2) is 132 Å². The number of rotatable bonds is 58. The number of aromatic nitrogens is 4. The summed E-state index contributed by atoms with van der Waals surface area (Å²) < 4.78 is 29.4. The average molecular weight is 2040 g/mol. The van der Waals surface area contributed by atoms with Gasteiger partial charge in [-0.3, -0.25) is 14.4 Å². The number of hydrogen-bond acceptors (Lipinski definition) is 17. The Labute approximate surface area is 885 Å². The number of carbonyl (C=O) groups is 8. The van der Waals surface area contributed by atoms with E-state index >= 15 is 0 Å². The number of carbonyl (C=O) groups excluding carboxylic acids is 3. The Bertz CT molecular complexity index is 6050. The topological polar surface area (TPSA) is 327 Å². The number of aromatic carboxylic acids is 5. The van der Waals surface area contributed by atoms with Gasteiger partial charge in [-0.25, -0.2) is 33.9 Å². The molecule has 2 aromatic heterocycles. The van der Waals surface area contributed by atoms with Crippen LogP contribution >= 0.6 is 11.3 Å². The number of hydrogen-bond donors (Lipinski definition) is 5. The average Bonchev–Trinajstić information content (AvgIpc) is 1.71. The summed E-state index contributed by atoms with van der Waals surface area (Å²) in [6.07, 6.45) is 40.3. The molecule has 0 saturated heterocycles. The van der Waals surface area contributed by atoms with E-state index in [4.69, 9.17) is 49.2 Å². The third-order valence-electron chi connectivity index (χ3n) is 24.8. The molecule has 0 radical (unpaired) electrons. The summed E-state index contributed by atoms with van der Waals surface area (Å²) in [6.45, 7) is 20.1. The second kappa shape index (κ2) is 69.8. The van der Waals surface area contributed by atoms with Crippen LogP contribution in [-0.2, 0) is 33.6 Å². The van der Waals surface area contributed by atoms with E-state index in [1.807, 2.05) is 128 Å². The maximum absolute atomic E-state index is 12.6. The van der Waals surface area contributed by atoms with E-state index in [0.717, 1.165) is 160 Å². The van der Waals surface area contributed by atoms with Gasteiger partial charge in [0.05, 0.1) is 58.9 Å². The van der Waals surface area contributed by atoms with Gasteiger partial charge in [0.15, 0.2) is 11.6 Å². The minimum atomic E-state index is -0.955. The van der Waals surface area contributed by atoms with Crippen molar-refractivity contribution >= 4 is 58.7 Å². The summed E-state index contributed by atoms with van der Waals surface area (Å²) in [5.74, 6) is -1.35. The first-order valence-corrected chi connectivity index (χ1v) is 54.0. The molecule has 149 heavy (non-hydrogen) atoms. The standard InChI is InChI=1S/C26H31N3O2.C23H30O3.C20H25NO4S.C19H22O4.C19H22O3.C19H22O2/c1-3-4-5-6-7-8-9-21-10-12-22(13-11-21)23-14-16-24(17-15-23)26(31)29-19-27-25(28-29)18-20(2)30;1-2-3-4-5-6-7-8-9-18-26-22-16-14-20(15-17-22)19-10-12-21(13-11-19)23(24)25;1-3-4-5-6-7-8-17(22)13-25-18-14(2)26-19(21-18)15-9-11-16(12-10-15)20(23)24;1-2-3-12-22-13-14-23-18-10-8-16(9-11-18)15-4-6-17(7-5-15)19(20)21;1-2-3-4-5-14-22-18-12-10-16(11-13-18)15-6-8-17(9-7-15)19(20)21;1-2-3-4-5-6-15-7-9-16(10-8-15)17-11-13-18(14-12-17)19(20)21/h10-17,19H,3-9,18H2,1-2H3;10-17H,2-9,18H2,1H3,(H,24,25);9-12H,3-8,13H2,1-2H3,(H,23,24);4-11H,2-3,12-14H2,1H3,(H,20,21);6-13H,2-5,14H2,1H3,(H,20,21);7-14H,2-6H2,1H3,(H,20,21). The van der Waals surface area contributed by atoms with Crippen molar-refractivity contribution in [1.29, 1.82) is 0 Å². The van der Waals surface area contributed by atoms with Crippen LogP contribution in [0.3, 0.4) is 0 Å². The van der Waals surface area contributed by atoms with Crippen molar-refractivity contribution < 1.29 is 87.6 Å². The number of aryl methyl sites for hydroxylation is 3. The van der Waals surface area contributed by atoms with Gasteiger partial charge in [-0.1, -0.05) is 347 Å². The molecule has 0 bridgehead atoms. The van der Waals surface area contributed by atoms with Crippen LogP contribution in [0.15, 0.2) is 273 Å². The first-order valence-electron chi connectivity index (χ1n) is 53.2. The molecule has 5 N–H and O–H groups in total. The zero-order valence-electron chi connectivity index (χ0n) is 88.3. The number of nitrogens with zero attached hydrogens (tertiary/aromatic N) is 4. The van der Waals surface area contributed by atoms with Gasteiger partial charge >= 0.3 is 29.8 Å². The van der Waals surface area contributed by atoms with Crippen LogP contribution in [0.2, 0.25) is 0 Å². The first kappa shape index (κ1) is 120. The van der Waals surface area contributed by atoms with Crippen molar-refractivity contribution in [2.45, 2.75) is 267 Å². The van der Waals surface area contributed by atoms with Gasteiger partial charge in [0.1, 0.15) is 47.6 Å². The van der Waals surface area contributed by atoms with E-state index in [9.17, 15) is 38.4 Å². The molecule has 0 fully saturated rings. The molecule has 790 valence electrons. The van der Waals surface area contributed by atoms with Crippen LogP contribution in [0, 0.1) is 6.92 Å². The van der Waals surface area contributed by atoms with Crippen molar-refractivity contribution in [3.8, 4) is 89.3 Å². The molecular formula is C126H152N4O18S. The lowest BCUT2D eigenvalue weighted by molar-refractivity contribution is -0.121. The normalized spacial score (nSPS) is 10.6. The zero-order chi connectivity index (χ0) is 107. The number of carboxylic acid groups (broad SMARTS) is 5. The highest BCUT2D eigenvalue weighted by Crippen LogP contribution is 2.34. The van der Waals surface area contributed by atoms with Gasteiger partial charge in [0, 0.05) is 24.2 Å². The van der Waals surface area contributed by atoms with Crippen molar-refractivity contribution in [2.75, 3.05) is 39.6 Å².